The second-order valence-electron chi connectivity index (χ2n) is 4.97. The Bertz CT molecular complexity index is 623. The summed E-state index contributed by atoms with van der Waals surface area (Å²) in [6, 6.07) is 3.86. The van der Waals surface area contributed by atoms with Gasteiger partial charge in [-0.3, -0.25) is 4.79 Å². The molecule has 0 aliphatic carbocycles. The SMILES string of the molecule is N#CCCC[C@H](NC(=O)[C@H](O)c1ccc(C(F)(F)F)cc1)C(=O)O. The number of carbonyl (C=O) groups is 2. The van der Waals surface area contributed by atoms with Crippen molar-refractivity contribution in [2.24, 2.45) is 0 Å². The molecule has 0 bridgehead atoms. The molecule has 1 aromatic rings. The van der Waals surface area contributed by atoms with Crippen LogP contribution in [0.15, 0.2) is 24.3 Å². The third-order valence-corrected chi connectivity index (χ3v) is 3.20. The first-order valence-electron chi connectivity index (χ1n) is 6.92. The number of nitrogens with one attached hydrogen (secondary N) is 1. The maximum atomic E-state index is 12.5. The van der Waals surface area contributed by atoms with Gasteiger partial charge in [-0.05, 0) is 30.5 Å². The first-order valence-corrected chi connectivity index (χ1v) is 6.92. The van der Waals surface area contributed by atoms with E-state index in [9.17, 15) is 27.9 Å². The molecule has 2 atom stereocenters. The van der Waals surface area contributed by atoms with E-state index in [1.807, 2.05) is 6.07 Å². The molecule has 0 fully saturated rings. The maximum absolute atomic E-state index is 12.5. The molecule has 0 aromatic heterocycles. The van der Waals surface area contributed by atoms with E-state index < -0.39 is 35.8 Å². The van der Waals surface area contributed by atoms with Crippen molar-refractivity contribution in [2.75, 3.05) is 0 Å². The van der Waals surface area contributed by atoms with Gasteiger partial charge in [0.1, 0.15) is 6.04 Å². The minimum Gasteiger partial charge on any atom is -0.480 e. The van der Waals surface area contributed by atoms with Crippen molar-refractivity contribution in [2.45, 2.75) is 37.6 Å². The number of amides is 1. The van der Waals surface area contributed by atoms with Gasteiger partial charge in [0.05, 0.1) is 11.6 Å². The van der Waals surface area contributed by atoms with Crippen molar-refractivity contribution in [1.29, 1.82) is 5.26 Å². The Kier molecular flexibility index (Phi) is 6.73. The van der Waals surface area contributed by atoms with Crippen molar-refractivity contribution < 1.29 is 33.0 Å². The summed E-state index contributed by atoms with van der Waals surface area (Å²) in [6.07, 6.45) is -5.99. The van der Waals surface area contributed by atoms with Gasteiger partial charge >= 0.3 is 12.1 Å². The van der Waals surface area contributed by atoms with Gasteiger partial charge in [0.25, 0.3) is 5.91 Å². The van der Waals surface area contributed by atoms with Crippen molar-refractivity contribution in [3.8, 4) is 6.07 Å². The van der Waals surface area contributed by atoms with Crippen LogP contribution < -0.4 is 5.32 Å². The lowest BCUT2D eigenvalue weighted by Crippen LogP contribution is -2.43. The highest BCUT2D eigenvalue weighted by Crippen LogP contribution is 2.29. The molecule has 0 saturated carbocycles. The lowest BCUT2D eigenvalue weighted by molar-refractivity contribution is -0.143. The Morgan fingerprint density at radius 3 is 2.29 bits per heavy atom. The van der Waals surface area contributed by atoms with Gasteiger partial charge in [0, 0.05) is 6.42 Å². The molecule has 0 unspecified atom stereocenters. The summed E-state index contributed by atoms with van der Waals surface area (Å²) in [4.78, 5) is 22.9. The highest BCUT2D eigenvalue weighted by Gasteiger charge is 2.31. The third kappa shape index (κ3) is 5.55. The molecule has 1 aromatic carbocycles. The summed E-state index contributed by atoms with van der Waals surface area (Å²) < 4.78 is 37.4. The van der Waals surface area contributed by atoms with E-state index in [2.05, 4.69) is 5.32 Å². The van der Waals surface area contributed by atoms with E-state index in [0.717, 1.165) is 12.1 Å². The number of carboxylic acids is 1. The molecule has 0 saturated heterocycles. The number of rotatable bonds is 7. The number of carboxylic acid groups (broad SMARTS) is 1. The number of benzene rings is 1. The van der Waals surface area contributed by atoms with Gasteiger partial charge in [-0.25, -0.2) is 4.79 Å². The standard InChI is InChI=1S/C15H15F3N2O4/c16-15(17,18)10-6-4-9(5-7-10)12(21)13(22)20-11(14(23)24)3-1-2-8-19/h4-7,11-12,21H,1-3H2,(H,20,22)(H,23,24)/t11-,12+/m0/s1. The predicted octanol–water partition coefficient (Wildman–Crippen LogP) is 2.00. The largest absolute Gasteiger partial charge is 0.480 e. The average Bonchev–Trinajstić information content (AvgIpc) is 2.52. The Morgan fingerprint density at radius 2 is 1.83 bits per heavy atom. The molecule has 9 heteroatoms. The highest BCUT2D eigenvalue weighted by atomic mass is 19.4. The molecule has 0 heterocycles. The fraction of sp³-hybridized carbons (Fsp3) is 0.400. The van der Waals surface area contributed by atoms with Crippen LogP contribution in [-0.4, -0.2) is 28.1 Å². The normalized spacial score (nSPS) is 13.6. The van der Waals surface area contributed by atoms with Gasteiger partial charge in [0.2, 0.25) is 0 Å². The van der Waals surface area contributed by atoms with Crippen LogP contribution >= 0.6 is 0 Å². The summed E-state index contributed by atoms with van der Waals surface area (Å²) in [7, 11) is 0. The second kappa shape index (κ2) is 8.31. The Balaban J connectivity index is 2.75. The summed E-state index contributed by atoms with van der Waals surface area (Å²) >= 11 is 0. The number of hydrogen-bond donors (Lipinski definition) is 3. The van der Waals surface area contributed by atoms with Crippen molar-refractivity contribution in [3.05, 3.63) is 35.4 Å². The number of unbranched alkanes of at least 4 members (excludes halogenated alkanes) is 1. The topological polar surface area (TPSA) is 110 Å². The van der Waals surface area contributed by atoms with Crippen molar-refractivity contribution in [3.63, 3.8) is 0 Å². The average molecular weight is 344 g/mol. The Morgan fingerprint density at radius 1 is 1.25 bits per heavy atom. The molecule has 0 radical (unpaired) electrons. The lowest BCUT2D eigenvalue weighted by atomic mass is 10.0. The van der Waals surface area contributed by atoms with Gasteiger partial charge in [0.15, 0.2) is 6.10 Å². The number of halogens is 3. The smallest absolute Gasteiger partial charge is 0.416 e. The number of alkyl halides is 3. The van der Waals surface area contributed by atoms with E-state index in [-0.39, 0.29) is 24.8 Å². The molecule has 1 rings (SSSR count). The van der Waals surface area contributed by atoms with E-state index in [4.69, 9.17) is 10.4 Å². The van der Waals surface area contributed by atoms with Gasteiger partial charge in [-0.2, -0.15) is 18.4 Å². The van der Waals surface area contributed by atoms with Crippen LogP contribution in [0.4, 0.5) is 13.2 Å². The van der Waals surface area contributed by atoms with Crippen molar-refractivity contribution >= 4 is 11.9 Å². The van der Waals surface area contributed by atoms with Gasteiger partial charge in [-0.1, -0.05) is 12.1 Å². The summed E-state index contributed by atoms with van der Waals surface area (Å²) in [5, 5.41) is 29.4. The quantitative estimate of drug-likeness (QED) is 0.655. The summed E-state index contributed by atoms with van der Waals surface area (Å²) in [5.74, 6) is -2.37. The van der Waals surface area contributed by atoms with Crippen molar-refractivity contribution in [1.82, 2.24) is 5.32 Å². The third-order valence-electron chi connectivity index (χ3n) is 3.20. The molecule has 130 valence electrons. The minimum absolute atomic E-state index is 0.00559. The van der Waals surface area contributed by atoms with Crippen LogP contribution in [0.3, 0.4) is 0 Å². The summed E-state index contributed by atoms with van der Waals surface area (Å²) in [6.45, 7) is 0. The van der Waals surface area contributed by atoms with Crippen LogP contribution in [0.25, 0.3) is 0 Å². The maximum Gasteiger partial charge on any atom is 0.416 e. The Labute approximate surface area is 135 Å². The second-order valence-corrected chi connectivity index (χ2v) is 4.97. The summed E-state index contributed by atoms with van der Waals surface area (Å²) in [5.41, 5.74) is -1.03. The fourth-order valence-electron chi connectivity index (χ4n) is 1.90. The lowest BCUT2D eigenvalue weighted by Gasteiger charge is -2.17. The molecule has 6 nitrogen and oxygen atoms in total. The van der Waals surface area contributed by atoms with Gasteiger partial charge in [-0.15, -0.1) is 0 Å². The van der Waals surface area contributed by atoms with E-state index >= 15 is 0 Å². The number of nitriles is 1. The highest BCUT2D eigenvalue weighted by molar-refractivity contribution is 5.86. The number of hydrogen-bond acceptors (Lipinski definition) is 4. The first-order chi connectivity index (χ1) is 11.2. The van der Waals surface area contributed by atoms with E-state index in [1.165, 1.54) is 0 Å². The number of aliphatic hydroxyl groups excluding tert-OH is 1. The van der Waals surface area contributed by atoms with Crippen LogP contribution in [0, 0.1) is 11.3 Å². The number of carbonyl (C=O) groups excluding carboxylic acids is 1. The molecule has 0 spiro atoms. The van der Waals surface area contributed by atoms with Crippen LogP contribution in [0.1, 0.15) is 36.5 Å². The zero-order valence-corrected chi connectivity index (χ0v) is 12.4. The predicted molar refractivity (Wildman–Crippen MR) is 75.4 cm³/mol. The monoisotopic (exact) mass is 344 g/mol. The number of aliphatic carboxylic acids is 1. The fourth-order valence-corrected chi connectivity index (χ4v) is 1.90. The number of aliphatic hydroxyl groups is 1. The van der Waals surface area contributed by atoms with Crippen LogP contribution in [0.5, 0.6) is 0 Å². The molecule has 24 heavy (non-hydrogen) atoms. The minimum atomic E-state index is -4.54. The zero-order chi connectivity index (χ0) is 18.3. The van der Waals surface area contributed by atoms with E-state index in [0.29, 0.717) is 12.1 Å². The van der Waals surface area contributed by atoms with Gasteiger partial charge < -0.3 is 15.5 Å². The zero-order valence-electron chi connectivity index (χ0n) is 12.4. The molecular formula is C15H15F3N2O4. The Hall–Kier alpha value is -2.60. The molecule has 0 aliphatic rings. The molecule has 3 N–H and O–H groups in total. The first kappa shape index (κ1) is 19.4. The molecule has 1 amide bonds. The number of nitrogens with zero attached hydrogens (tertiary/aromatic N) is 1. The van der Waals surface area contributed by atoms with E-state index in [1.54, 1.807) is 0 Å². The molecular weight excluding hydrogens is 329 g/mol. The van der Waals surface area contributed by atoms with Crippen LogP contribution in [0.2, 0.25) is 0 Å². The van der Waals surface area contributed by atoms with Crippen LogP contribution in [-0.2, 0) is 15.8 Å². The molecule has 0 aliphatic heterocycles.